The van der Waals surface area contributed by atoms with Gasteiger partial charge >= 0.3 is 0 Å². The van der Waals surface area contributed by atoms with Gasteiger partial charge in [0.2, 0.25) is 0 Å². The van der Waals surface area contributed by atoms with Crippen LogP contribution in [0.4, 0.5) is 5.69 Å². The Hall–Kier alpha value is -1.47. The van der Waals surface area contributed by atoms with Crippen molar-refractivity contribution in [1.82, 2.24) is 5.32 Å². The summed E-state index contributed by atoms with van der Waals surface area (Å²) in [7, 11) is 1.58. The number of alkyl halides is 1. The predicted molar refractivity (Wildman–Crippen MR) is 74.8 cm³/mol. The summed E-state index contributed by atoms with van der Waals surface area (Å²) in [6, 6.07) is 4.17. The molecule has 1 aromatic carbocycles. The Bertz CT molecular complexity index is 479. The van der Waals surface area contributed by atoms with Crippen LogP contribution in [0.3, 0.4) is 0 Å². The first-order valence-corrected chi connectivity index (χ1v) is 6.53. The predicted octanol–water partition coefficient (Wildman–Crippen LogP) is 2.04. The number of amides is 1. The van der Waals surface area contributed by atoms with Crippen LogP contribution in [0.2, 0.25) is 0 Å². The number of nitro benzene ring substituents is 1. The van der Waals surface area contributed by atoms with Crippen LogP contribution in [0.15, 0.2) is 18.2 Å². The minimum absolute atomic E-state index is 0.0215. The molecule has 0 aromatic heterocycles. The van der Waals surface area contributed by atoms with Gasteiger partial charge in [-0.05, 0) is 18.6 Å². The van der Waals surface area contributed by atoms with E-state index >= 15 is 0 Å². The van der Waals surface area contributed by atoms with E-state index in [1.165, 1.54) is 18.2 Å². The number of benzene rings is 1. The molecule has 0 fully saturated rings. The number of ether oxygens (including phenoxy) is 1. The minimum atomic E-state index is -0.484. The van der Waals surface area contributed by atoms with E-state index in [4.69, 9.17) is 4.74 Å². The Labute approximate surface area is 119 Å². The lowest BCUT2D eigenvalue weighted by Crippen LogP contribution is -2.31. The standard InChI is InChI=1S/C12H15BrN2O4/c1-8-5-10(15(17)18)3-4-11(8)12(16)14-6-9(13)7-19-2/h3-5,9H,6-7H2,1-2H3,(H,14,16). The zero-order valence-electron chi connectivity index (χ0n) is 10.7. The molecule has 104 valence electrons. The third kappa shape index (κ3) is 4.60. The van der Waals surface area contributed by atoms with Crippen LogP contribution in [0, 0.1) is 17.0 Å². The van der Waals surface area contributed by atoms with Crippen molar-refractivity contribution in [3.63, 3.8) is 0 Å². The van der Waals surface area contributed by atoms with Crippen molar-refractivity contribution in [2.75, 3.05) is 20.3 Å². The summed E-state index contributed by atoms with van der Waals surface area (Å²) in [6.45, 7) is 2.57. The van der Waals surface area contributed by atoms with Gasteiger partial charge in [-0.3, -0.25) is 14.9 Å². The van der Waals surface area contributed by atoms with E-state index < -0.39 is 4.92 Å². The van der Waals surface area contributed by atoms with Gasteiger partial charge in [0.25, 0.3) is 11.6 Å². The fraction of sp³-hybridized carbons (Fsp3) is 0.417. The Kier molecular flexibility index (Phi) is 5.91. The molecule has 7 heteroatoms. The lowest BCUT2D eigenvalue weighted by Gasteiger charge is -2.11. The summed E-state index contributed by atoms with van der Waals surface area (Å²) in [5.74, 6) is -0.257. The van der Waals surface area contributed by atoms with Gasteiger partial charge in [0.05, 0.1) is 16.4 Å². The monoisotopic (exact) mass is 330 g/mol. The van der Waals surface area contributed by atoms with Crippen molar-refractivity contribution in [3.8, 4) is 0 Å². The van der Waals surface area contributed by atoms with Gasteiger partial charge in [0, 0.05) is 31.4 Å². The number of nitrogens with zero attached hydrogens (tertiary/aromatic N) is 1. The van der Waals surface area contributed by atoms with E-state index in [1.807, 2.05) is 0 Å². The topological polar surface area (TPSA) is 81.5 Å². The van der Waals surface area contributed by atoms with Crippen molar-refractivity contribution in [2.24, 2.45) is 0 Å². The van der Waals surface area contributed by atoms with Crippen LogP contribution in [0.25, 0.3) is 0 Å². The lowest BCUT2D eigenvalue weighted by molar-refractivity contribution is -0.384. The van der Waals surface area contributed by atoms with Crippen molar-refractivity contribution in [1.29, 1.82) is 0 Å². The SMILES string of the molecule is COCC(Br)CNC(=O)c1ccc([N+](=O)[O-])cc1C. The maximum atomic E-state index is 11.9. The first-order valence-electron chi connectivity index (χ1n) is 5.62. The quantitative estimate of drug-likeness (QED) is 0.491. The van der Waals surface area contributed by atoms with E-state index in [9.17, 15) is 14.9 Å². The first kappa shape index (κ1) is 15.6. The molecular weight excluding hydrogens is 316 g/mol. The first-order chi connectivity index (χ1) is 8.95. The number of aryl methyl sites for hydroxylation is 1. The maximum Gasteiger partial charge on any atom is 0.269 e. The molecule has 0 aliphatic carbocycles. The van der Waals surface area contributed by atoms with Crippen molar-refractivity contribution < 1.29 is 14.5 Å². The molecule has 0 saturated carbocycles. The number of non-ortho nitro benzene ring substituents is 1. The summed E-state index contributed by atoms with van der Waals surface area (Å²) >= 11 is 3.36. The molecule has 1 unspecified atom stereocenters. The molecule has 0 saturated heterocycles. The second kappa shape index (κ2) is 7.20. The number of hydrogen-bond donors (Lipinski definition) is 1. The number of nitrogens with one attached hydrogen (secondary N) is 1. The van der Waals surface area contributed by atoms with E-state index in [-0.39, 0.29) is 16.4 Å². The molecule has 1 atom stereocenters. The largest absolute Gasteiger partial charge is 0.383 e. The van der Waals surface area contributed by atoms with Gasteiger partial charge in [-0.1, -0.05) is 15.9 Å². The zero-order valence-corrected chi connectivity index (χ0v) is 12.3. The summed E-state index contributed by atoms with van der Waals surface area (Å²) < 4.78 is 4.93. The maximum absolute atomic E-state index is 11.9. The second-order valence-corrected chi connectivity index (χ2v) is 5.31. The smallest absolute Gasteiger partial charge is 0.269 e. The molecule has 1 amide bonds. The minimum Gasteiger partial charge on any atom is -0.383 e. The zero-order chi connectivity index (χ0) is 14.4. The average molecular weight is 331 g/mol. The van der Waals surface area contributed by atoms with Crippen LogP contribution in [0.5, 0.6) is 0 Å². The highest BCUT2D eigenvalue weighted by atomic mass is 79.9. The van der Waals surface area contributed by atoms with Gasteiger partial charge in [0.15, 0.2) is 0 Å². The molecule has 1 aromatic rings. The van der Waals surface area contributed by atoms with Gasteiger partial charge in [-0.15, -0.1) is 0 Å². The molecule has 0 aliphatic rings. The highest BCUT2D eigenvalue weighted by Crippen LogP contribution is 2.17. The second-order valence-electron chi connectivity index (χ2n) is 4.02. The normalized spacial score (nSPS) is 11.9. The number of nitro groups is 1. The van der Waals surface area contributed by atoms with Crippen LogP contribution < -0.4 is 5.32 Å². The van der Waals surface area contributed by atoms with E-state index in [0.29, 0.717) is 24.3 Å². The molecule has 6 nitrogen and oxygen atoms in total. The molecule has 19 heavy (non-hydrogen) atoms. The Morgan fingerprint density at radius 1 is 1.58 bits per heavy atom. The van der Waals surface area contributed by atoms with Crippen LogP contribution in [0.1, 0.15) is 15.9 Å². The van der Waals surface area contributed by atoms with Crippen molar-refractivity contribution in [2.45, 2.75) is 11.8 Å². The molecule has 0 spiro atoms. The van der Waals surface area contributed by atoms with Crippen molar-refractivity contribution in [3.05, 3.63) is 39.4 Å². The van der Waals surface area contributed by atoms with Crippen molar-refractivity contribution >= 4 is 27.5 Å². The number of methoxy groups -OCH3 is 1. The summed E-state index contributed by atoms with van der Waals surface area (Å²) in [5.41, 5.74) is 0.985. The number of carbonyl (C=O) groups excluding carboxylic acids is 1. The molecular formula is C12H15BrN2O4. The highest BCUT2D eigenvalue weighted by Gasteiger charge is 2.14. The van der Waals surface area contributed by atoms with Crippen LogP contribution >= 0.6 is 15.9 Å². The van der Waals surface area contributed by atoms with Crippen LogP contribution in [-0.2, 0) is 4.74 Å². The van der Waals surface area contributed by atoms with E-state index in [2.05, 4.69) is 21.2 Å². The molecule has 1 rings (SSSR count). The molecule has 1 N–H and O–H groups in total. The third-order valence-corrected chi connectivity index (χ3v) is 3.09. The Morgan fingerprint density at radius 3 is 2.79 bits per heavy atom. The Morgan fingerprint density at radius 2 is 2.26 bits per heavy atom. The lowest BCUT2D eigenvalue weighted by atomic mass is 10.1. The molecule has 0 radical (unpaired) electrons. The fourth-order valence-electron chi connectivity index (χ4n) is 1.55. The number of hydrogen-bond acceptors (Lipinski definition) is 4. The van der Waals surface area contributed by atoms with E-state index in [1.54, 1.807) is 14.0 Å². The highest BCUT2D eigenvalue weighted by molar-refractivity contribution is 9.09. The number of halogens is 1. The molecule has 0 bridgehead atoms. The van der Waals surface area contributed by atoms with E-state index in [0.717, 1.165) is 0 Å². The molecule has 0 aliphatic heterocycles. The molecule has 0 heterocycles. The summed E-state index contributed by atoms with van der Waals surface area (Å²) in [4.78, 5) is 22.1. The third-order valence-electron chi connectivity index (χ3n) is 2.50. The number of carbonyl (C=O) groups is 1. The summed E-state index contributed by atoms with van der Waals surface area (Å²) in [6.07, 6.45) is 0. The van der Waals surface area contributed by atoms with Gasteiger partial charge in [0.1, 0.15) is 0 Å². The Balaban J connectivity index is 2.70. The fourth-order valence-corrected chi connectivity index (χ4v) is 1.98. The summed E-state index contributed by atoms with van der Waals surface area (Å²) in [5, 5.41) is 13.3. The van der Waals surface area contributed by atoms with Gasteiger partial charge < -0.3 is 10.1 Å². The van der Waals surface area contributed by atoms with Gasteiger partial charge in [-0.25, -0.2) is 0 Å². The number of rotatable bonds is 6. The van der Waals surface area contributed by atoms with Gasteiger partial charge in [-0.2, -0.15) is 0 Å². The average Bonchev–Trinajstić information content (AvgIpc) is 2.36. The van der Waals surface area contributed by atoms with Crippen LogP contribution in [-0.4, -0.2) is 35.9 Å².